The number of aromatic nitrogens is 2. The smallest absolute Gasteiger partial charge is 0.256 e. The largest absolute Gasteiger partial charge is 0.305 e. The number of nitriles is 1. The Balaban J connectivity index is 2.12. The highest BCUT2D eigenvalue weighted by atomic mass is 35.5. The van der Waals surface area contributed by atoms with Gasteiger partial charge in [-0.25, -0.2) is 0 Å². The quantitative estimate of drug-likeness (QED) is 0.896. The first-order valence-electron chi connectivity index (χ1n) is 5.00. The molecule has 18 heavy (non-hydrogen) atoms. The molecule has 0 saturated heterocycles. The summed E-state index contributed by atoms with van der Waals surface area (Å²) in [4.78, 5) is 11.8. The van der Waals surface area contributed by atoms with Crippen LogP contribution >= 0.6 is 11.6 Å². The van der Waals surface area contributed by atoms with Crippen LogP contribution in [0.1, 0.15) is 15.9 Å². The normalized spacial score (nSPS) is 9.56. The van der Waals surface area contributed by atoms with Crippen LogP contribution in [0.4, 0.5) is 5.82 Å². The summed E-state index contributed by atoms with van der Waals surface area (Å²) >= 11 is 5.58. The van der Waals surface area contributed by atoms with Gasteiger partial charge < -0.3 is 5.32 Å². The van der Waals surface area contributed by atoms with Crippen molar-refractivity contribution < 1.29 is 4.79 Å². The zero-order chi connectivity index (χ0) is 13.0. The predicted molar refractivity (Wildman–Crippen MR) is 66.2 cm³/mol. The third kappa shape index (κ3) is 2.81. The number of anilines is 1. The SMILES string of the molecule is N#Cc1ccc(C(=O)Nc2ccc(Cl)nn2)cc1. The van der Waals surface area contributed by atoms with Gasteiger partial charge in [-0.3, -0.25) is 4.79 Å². The van der Waals surface area contributed by atoms with Crippen LogP contribution in [0.15, 0.2) is 36.4 Å². The number of halogens is 1. The molecular formula is C12H7ClN4O. The van der Waals surface area contributed by atoms with Crippen molar-refractivity contribution in [1.29, 1.82) is 5.26 Å². The molecule has 88 valence electrons. The molecule has 1 amide bonds. The van der Waals surface area contributed by atoms with E-state index in [0.29, 0.717) is 16.9 Å². The molecule has 0 fully saturated rings. The van der Waals surface area contributed by atoms with E-state index < -0.39 is 0 Å². The average molecular weight is 259 g/mol. The van der Waals surface area contributed by atoms with Crippen molar-refractivity contribution >= 4 is 23.3 Å². The number of rotatable bonds is 2. The number of nitrogens with zero attached hydrogens (tertiary/aromatic N) is 3. The van der Waals surface area contributed by atoms with Crippen LogP contribution < -0.4 is 5.32 Å². The number of nitrogens with one attached hydrogen (secondary N) is 1. The molecule has 5 nitrogen and oxygen atoms in total. The number of amides is 1. The van der Waals surface area contributed by atoms with Crippen LogP contribution in [0.2, 0.25) is 5.15 Å². The molecule has 1 aromatic carbocycles. The molecule has 0 unspecified atom stereocenters. The number of hydrogen-bond donors (Lipinski definition) is 1. The number of carbonyl (C=O) groups is 1. The third-order valence-corrected chi connectivity index (χ3v) is 2.35. The second-order valence-corrected chi connectivity index (χ2v) is 3.77. The summed E-state index contributed by atoms with van der Waals surface area (Å²) in [7, 11) is 0. The molecule has 1 aromatic heterocycles. The maximum absolute atomic E-state index is 11.8. The fourth-order valence-corrected chi connectivity index (χ4v) is 1.37. The number of hydrogen-bond acceptors (Lipinski definition) is 4. The lowest BCUT2D eigenvalue weighted by atomic mass is 10.1. The van der Waals surface area contributed by atoms with E-state index in [1.54, 1.807) is 30.3 Å². The minimum Gasteiger partial charge on any atom is -0.305 e. The molecule has 1 N–H and O–H groups in total. The molecule has 1 heterocycles. The minimum absolute atomic E-state index is 0.256. The highest BCUT2D eigenvalue weighted by Gasteiger charge is 2.06. The second kappa shape index (κ2) is 5.25. The molecule has 2 aromatic rings. The highest BCUT2D eigenvalue weighted by molar-refractivity contribution is 6.29. The zero-order valence-electron chi connectivity index (χ0n) is 9.09. The van der Waals surface area contributed by atoms with Gasteiger partial charge in [0.05, 0.1) is 11.6 Å². The van der Waals surface area contributed by atoms with E-state index in [1.165, 1.54) is 6.07 Å². The lowest BCUT2D eigenvalue weighted by molar-refractivity contribution is 0.102. The van der Waals surface area contributed by atoms with E-state index in [9.17, 15) is 4.79 Å². The Morgan fingerprint density at radius 1 is 1.17 bits per heavy atom. The van der Waals surface area contributed by atoms with Crippen LogP contribution in [0.25, 0.3) is 0 Å². The van der Waals surface area contributed by atoms with Crippen LogP contribution in [0, 0.1) is 11.3 Å². The summed E-state index contributed by atoms with van der Waals surface area (Å²) in [6.45, 7) is 0. The molecule has 0 aliphatic carbocycles. The fourth-order valence-electron chi connectivity index (χ4n) is 1.27. The molecule has 2 rings (SSSR count). The third-order valence-electron chi connectivity index (χ3n) is 2.15. The fraction of sp³-hybridized carbons (Fsp3) is 0. The van der Waals surface area contributed by atoms with E-state index in [4.69, 9.17) is 16.9 Å². The number of benzene rings is 1. The van der Waals surface area contributed by atoms with E-state index >= 15 is 0 Å². The van der Waals surface area contributed by atoms with Gasteiger partial charge in [0.2, 0.25) is 0 Å². The maximum atomic E-state index is 11.8. The van der Waals surface area contributed by atoms with Crippen molar-refractivity contribution in [3.05, 3.63) is 52.7 Å². The Morgan fingerprint density at radius 3 is 2.44 bits per heavy atom. The van der Waals surface area contributed by atoms with E-state index in [1.807, 2.05) is 6.07 Å². The van der Waals surface area contributed by atoms with Gasteiger partial charge in [0.1, 0.15) is 0 Å². The summed E-state index contributed by atoms with van der Waals surface area (Å²) in [5.74, 6) is -0.00938. The first kappa shape index (κ1) is 12.0. The number of carbonyl (C=O) groups excluding carboxylic acids is 1. The predicted octanol–water partition coefficient (Wildman–Crippen LogP) is 2.25. The minimum atomic E-state index is -0.323. The van der Waals surface area contributed by atoms with Gasteiger partial charge in [-0.15, -0.1) is 10.2 Å². The van der Waals surface area contributed by atoms with Gasteiger partial charge in [0.25, 0.3) is 5.91 Å². The average Bonchev–Trinajstić information content (AvgIpc) is 2.41. The van der Waals surface area contributed by atoms with Crippen molar-refractivity contribution in [3.8, 4) is 6.07 Å². The second-order valence-electron chi connectivity index (χ2n) is 3.38. The van der Waals surface area contributed by atoms with Gasteiger partial charge >= 0.3 is 0 Å². The summed E-state index contributed by atoms with van der Waals surface area (Å²) in [5.41, 5.74) is 0.934. The first-order valence-corrected chi connectivity index (χ1v) is 5.37. The summed E-state index contributed by atoms with van der Waals surface area (Å²) < 4.78 is 0. The van der Waals surface area contributed by atoms with Crippen molar-refractivity contribution in [2.45, 2.75) is 0 Å². The molecule has 0 saturated carbocycles. The van der Waals surface area contributed by atoms with Crippen molar-refractivity contribution in [1.82, 2.24) is 10.2 Å². The summed E-state index contributed by atoms with van der Waals surface area (Å²) in [6, 6.07) is 11.3. The Morgan fingerprint density at radius 2 is 1.89 bits per heavy atom. The van der Waals surface area contributed by atoms with Crippen LogP contribution in [-0.2, 0) is 0 Å². The monoisotopic (exact) mass is 258 g/mol. The molecule has 0 atom stereocenters. The standard InChI is InChI=1S/C12H7ClN4O/c13-10-5-6-11(17-16-10)15-12(18)9-3-1-8(7-14)2-4-9/h1-6H,(H,15,17,18). The Hall–Kier alpha value is -2.45. The van der Waals surface area contributed by atoms with Crippen molar-refractivity contribution in [2.24, 2.45) is 0 Å². The molecule has 0 bridgehead atoms. The van der Waals surface area contributed by atoms with Crippen LogP contribution in [0.5, 0.6) is 0 Å². The summed E-state index contributed by atoms with van der Waals surface area (Å²) in [5, 5.41) is 18.8. The Bertz CT molecular complexity index is 601. The molecule has 0 aliphatic rings. The van der Waals surface area contributed by atoms with Crippen molar-refractivity contribution in [3.63, 3.8) is 0 Å². The molecule has 0 radical (unpaired) electrons. The van der Waals surface area contributed by atoms with E-state index in [0.717, 1.165) is 0 Å². The Labute approximate surface area is 108 Å². The topological polar surface area (TPSA) is 78.7 Å². The van der Waals surface area contributed by atoms with Gasteiger partial charge in [-0.1, -0.05) is 11.6 Å². The van der Waals surface area contributed by atoms with Crippen molar-refractivity contribution in [2.75, 3.05) is 5.32 Å². The van der Waals surface area contributed by atoms with Crippen LogP contribution in [-0.4, -0.2) is 16.1 Å². The summed E-state index contributed by atoms with van der Waals surface area (Å²) in [6.07, 6.45) is 0. The van der Waals surface area contributed by atoms with Gasteiger partial charge in [0.15, 0.2) is 11.0 Å². The lowest BCUT2D eigenvalue weighted by Gasteiger charge is -2.03. The lowest BCUT2D eigenvalue weighted by Crippen LogP contribution is -2.13. The zero-order valence-corrected chi connectivity index (χ0v) is 9.85. The first-order chi connectivity index (χ1) is 8.69. The maximum Gasteiger partial charge on any atom is 0.256 e. The highest BCUT2D eigenvalue weighted by Crippen LogP contribution is 2.09. The molecule has 0 aliphatic heterocycles. The van der Waals surface area contributed by atoms with E-state index in [2.05, 4.69) is 15.5 Å². The van der Waals surface area contributed by atoms with Gasteiger partial charge in [0, 0.05) is 5.56 Å². The van der Waals surface area contributed by atoms with Gasteiger partial charge in [-0.2, -0.15) is 5.26 Å². The van der Waals surface area contributed by atoms with Crippen LogP contribution in [0.3, 0.4) is 0 Å². The molecule has 0 spiro atoms. The van der Waals surface area contributed by atoms with Gasteiger partial charge in [-0.05, 0) is 36.4 Å². The molecule has 6 heteroatoms. The Kier molecular flexibility index (Phi) is 3.51. The van der Waals surface area contributed by atoms with E-state index in [-0.39, 0.29) is 11.1 Å². The molecular weight excluding hydrogens is 252 g/mol.